The number of hydrogen-bond acceptors (Lipinski definition) is 0. The van der Waals surface area contributed by atoms with Crippen LogP contribution >= 0.6 is 0 Å². The highest BCUT2D eigenvalue weighted by Crippen LogP contribution is 2.40. The lowest BCUT2D eigenvalue weighted by Gasteiger charge is -2.12. The van der Waals surface area contributed by atoms with E-state index in [1.807, 2.05) is 0 Å². The topological polar surface area (TPSA) is 4.36 Å². The van der Waals surface area contributed by atoms with Gasteiger partial charge in [0.05, 0.1) is 5.92 Å². The van der Waals surface area contributed by atoms with Gasteiger partial charge in [-0.05, 0) is 12.8 Å². The van der Waals surface area contributed by atoms with Gasteiger partial charge in [0, 0.05) is 6.42 Å². The van der Waals surface area contributed by atoms with Crippen molar-refractivity contribution in [2.75, 3.05) is 6.54 Å². The van der Waals surface area contributed by atoms with Gasteiger partial charge in [-0.15, -0.1) is 0 Å². The van der Waals surface area contributed by atoms with Gasteiger partial charge >= 0.3 is 0 Å². The molecule has 0 heterocycles. The maximum absolute atomic E-state index is 12.7. The minimum absolute atomic E-state index is 0.00694. The van der Waals surface area contributed by atoms with Crippen LogP contribution in [0.3, 0.4) is 0 Å². The molecule has 1 nitrogen and oxygen atoms in total. The molecule has 1 atom stereocenters. The second-order valence-corrected chi connectivity index (χ2v) is 2.69. The zero-order chi connectivity index (χ0) is 7.61. The summed E-state index contributed by atoms with van der Waals surface area (Å²) in [5, 5.41) is 0. The molecule has 0 radical (unpaired) electrons. The zero-order valence-corrected chi connectivity index (χ0v) is 5.61. The van der Waals surface area contributed by atoms with E-state index < -0.39 is 11.8 Å². The summed E-state index contributed by atoms with van der Waals surface area (Å²) < 4.78 is 25.3. The molecule has 0 N–H and O–H groups in total. The Morgan fingerprint density at radius 1 is 1.60 bits per heavy atom. The van der Waals surface area contributed by atoms with Crippen LogP contribution in [-0.4, -0.2) is 12.5 Å². The van der Waals surface area contributed by atoms with Crippen molar-refractivity contribution in [3.8, 4) is 0 Å². The molecule has 0 aromatic rings. The minimum Gasteiger partial charge on any atom is -0.316 e. The van der Waals surface area contributed by atoms with Gasteiger partial charge < -0.3 is 4.85 Å². The fourth-order valence-electron chi connectivity index (χ4n) is 1.33. The van der Waals surface area contributed by atoms with Crippen LogP contribution in [0.4, 0.5) is 8.78 Å². The van der Waals surface area contributed by atoms with E-state index in [4.69, 9.17) is 6.57 Å². The van der Waals surface area contributed by atoms with Gasteiger partial charge in [0.15, 0.2) is 0 Å². The summed E-state index contributed by atoms with van der Waals surface area (Å²) in [5.74, 6) is -3.21. The van der Waals surface area contributed by atoms with Gasteiger partial charge in [-0.25, -0.2) is 15.4 Å². The number of halogens is 2. The van der Waals surface area contributed by atoms with Crippen LogP contribution in [0.15, 0.2) is 0 Å². The molecular formula is C7H9F2N. The second kappa shape index (κ2) is 2.53. The summed E-state index contributed by atoms with van der Waals surface area (Å²) >= 11 is 0. The van der Waals surface area contributed by atoms with E-state index in [0.29, 0.717) is 12.8 Å². The van der Waals surface area contributed by atoms with Crippen molar-refractivity contribution >= 4 is 0 Å². The van der Waals surface area contributed by atoms with Crippen molar-refractivity contribution in [2.45, 2.75) is 25.2 Å². The third kappa shape index (κ3) is 1.26. The molecule has 56 valence electrons. The highest BCUT2D eigenvalue weighted by Gasteiger charge is 2.45. The molecule has 0 aliphatic heterocycles. The normalized spacial score (nSPS) is 29.9. The molecule has 0 aromatic heterocycles. The first kappa shape index (κ1) is 7.46. The first-order valence-corrected chi connectivity index (χ1v) is 3.38. The van der Waals surface area contributed by atoms with Crippen molar-refractivity contribution in [1.82, 2.24) is 0 Å². The largest absolute Gasteiger partial charge is 0.316 e. The maximum Gasteiger partial charge on any atom is 0.258 e. The van der Waals surface area contributed by atoms with Gasteiger partial charge in [0.1, 0.15) is 0 Å². The van der Waals surface area contributed by atoms with E-state index in [9.17, 15) is 8.78 Å². The summed E-state index contributed by atoms with van der Waals surface area (Å²) in [4.78, 5) is 2.98. The lowest BCUT2D eigenvalue weighted by Crippen LogP contribution is -2.23. The van der Waals surface area contributed by atoms with Crippen LogP contribution in [0.25, 0.3) is 4.85 Å². The Labute approximate surface area is 58.9 Å². The standard InChI is InChI=1S/C7H9F2N/c1-10-5-6-3-2-4-7(6,8)9/h6H,2-5H2. The van der Waals surface area contributed by atoms with Gasteiger partial charge in [-0.3, -0.25) is 0 Å². The van der Waals surface area contributed by atoms with Crippen LogP contribution < -0.4 is 0 Å². The Kier molecular flexibility index (Phi) is 1.89. The summed E-state index contributed by atoms with van der Waals surface area (Å²) in [6, 6.07) is 0. The fraction of sp³-hybridized carbons (Fsp3) is 0.857. The van der Waals surface area contributed by atoms with Crippen LogP contribution in [0.1, 0.15) is 19.3 Å². The molecule has 1 saturated carbocycles. The number of rotatable bonds is 1. The van der Waals surface area contributed by atoms with E-state index in [0.717, 1.165) is 0 Å². The van der Waals surface area contributed by atoms with Gasteiger partial charge in [-0.1, -0.05) is 0 Å². The van der Waals surface area contributed by atoms with Crippen LogP contribution in [-0.2, 0) is 0 Å². The summed E-state index contributed by atoms with van der Waals surface area (Å²) in [6.45, 7) is 6.43. The van der Waals surface area contributed by atoms with Gasteiger partial charge in [0.25, 0.3) is 5.92 Å². The highest BCUT2D eigenvalue weighted by atomic mass is 19.3. The van der Waals surface area contributed by atoms with Gasteiger partial charge in [-0.2, -0.15) is 0 Å². The van der Waals surface area contributed by atoms with Crippen molar-refractivity contribution < 1.29 is 8.78 Å². The van der Waals surface area contributed by atoms with E-state index >= 15 is 0 Å². The molecule has 3 heteroatoms. The van der Waals surface area contributed by atoms with E-state index in [1.165, 1.54) is 0 Å². The second-order valence-electron chi connectivity index (χ2n) is 2.69. The molecule has 0 bridgehead atoms. The number of hydrogen-bond donors (Lipinski definition) is 0. The van der Waals surface area contributed by atoms with Crippen molar-refractivity contribution in [3.63, 3.8) is 0 Å². The molecule has 1 unspecified atom stereocenters. The fourth-order valence-corrected chi connectivity index (χ4v) is 1.33. The first-order chi connectivity index (χ1) is 4.67. The van der Waals surface area contributed by atoms with Crippen LogP contribution in [0.5, 0.6) is 0 Å². The average Bonchev–Trinajstić information content (AvgIpc) is 2.13. The Balaban J connectivity index is 2.53. The van der Waals surface area contributed by atoms with E-state index in [1.54, 1.807) is 0 Å². The summed E-state index contributed by atoms with van der Waals surface area (Å²) in [5.41, 5.74) is 0. The summed E-state index contributed by atoms with van der Waals surface area (Å²) in [7, 11) is 0. The summed E-state index contributed by atoms with van der Waals surface area (Å²) in [6.07, 6.45) is 1.08. The predicted molar refractivity (Wildman–Crippen MR) is 33.8 cm³/mol. The molecule has 1 fully saturated rings. The third-order valence-corrected chi connectivity index (χ3v) is 1.97. The smallest absolute Gasteiger partial charge is 0.258 e. The van der Waals surface area contributed by atoms with E-state index in [2.05, 4.69) is 4.85 Å². The Morgan fingerprint density at radius 2 is 2.30 bits per heavy atom. The molecule has 10 heavy (non-hydrogen) atoms. The monoisotopic (exact) mass is 145 g/mol. The van der Waals surface area contributed by atoms with Crippen LogP contribution in [0, 0.1) is 12.5 Å². The van der Waals surface area contributed by atoms with Crippen molar-refractivity contribution in [2.24, 2.45) is 5.92 Å². The zero-order valence-electron chi connectivity index (χ0n) is 5.61. The molecule has 1 aliphatic carbocycles. The maximum atomic E-state index is 12.7. The lowest BCUT2D eigenvalue weighted by atomic mass is 10.1. The van der Waals surface area contributed by atoms with Gasteiger partial charge in [0.2, 0.25) is 6.54 Å². The van der Waals surface area contributed by atoms with E-state index in [-0.39, 0.29) is 13.0 Å². The highest BCUT2D eigenvalue weighted by molar-refractivity contribution is 4.88. The third-order valence-electron chi connectivity index (χ3n) is 1.97. The molecule has 0 spiro atoms. The SMILES string of the molecule is [C-]#[N+]CC1CCCC1(F)F. The Bertz CT molecular complexity index is 159. The minimum atomic E-state index is -2.55. The number of alkyl halides is 2. The molecule has 0 amide bonds. The lowest BCUT2D eigenvalue weighted by molar-refractivity contribution is -0.0307. The van der Waals surface area contributed by atoms with Crippen molar-refractivity contribution in [1.29, 1.82) is 0 Å². The quantitative estimate of drug-likeness (QED) is 0.499. The average molecular weight is 145 g/mol. The Hall–Kier alpha value is -0.650. The van der Waals surface area contributed by atoms with Crippen molar-refractivity contribution in [3.05, 3.63) is 11.4 Å². The molecule has 1 rings (SSSR count). The molecule has 0 aromatic carbocycles. The Morgan fingerprint density at radius 3 is 2.70 bits per heavy atom. The molecule has 1 aliphatic rings. The first-order valence-electron chi connectivity index (χ1n) is 3.38. The predicted octanol–water partition coefficient (Wildman–Crippen LogP) is 2.34. The number of nitrogens with zero attached hydrogens (tertiary/aromatic N) is 1. The molecule has 0 saturated heterocycles. The van der Waals surface area contributed by atoms with Crippen LogP contribution in [0.2, 0.25) is 0 Å². The molecular weight excluding hydrogens is 136 g/mol.